The van der Waals surface area contributed by atoms with Crippen molar-refractivity contribution < 1.29 is 8.42 Å². The number of piperidine rings is 1. The second kappa shape index (κ2) is 5.05. The van der Waals surface area contributed by atoms with Gasteiger partial charge in [-0.3, -0.25) is 0 Å². The maximum atomic E-state index is 12.4. The summed E-state index contributed by atoms with van der Waals surface area (Å²) in [6.07, 6.45) is 1.97. The molecule has 0 radical (unpaired) electrons. The molecule has 17 heavy (non-hydrogen) atoms. The number of rotatable bonds is 2. The number of thiophene rings is 1. The Bertz CT molecular complexity index is 512. The van der Waals surface area contributed by atoms with Crippen LogP contribution < -0.4 is 0 Å². The number of nitrogens with zero attached hydrogens (tertiary/aromatic N) is 1. The van der Waals surface area contributed by atoms with Crippen molar-refractivity contribution in [2.75, 3.05) is 13.1 Å². The van der Waals surface area contributed by atoms with E-state index < -0.39 is 10.0 Å². The number of halogens is 2. The van der Waals surface area contributed by atoms with Crippen molar-refractivity contribution in [3.63, 3.8) is 0 Å². The minimum atomic E-state index is -3.48. The molecule has 1 saturated heterocycles. The Morgan fingerprint density at radius 2 is 2.18 bits per heavy atom. The van der Waals surface area contributed by atoms with E-state index in [2.05, 4.69) is 6.92 Å². The zero-order valence-electron chi connectivity index (χ0n) is 9.32. The van der Waals surface area contributed by atoms with Gasteiger partial charge in [-0.15, -0.1) is 11.3 Å². The normalized spacial score (nSPS) is 22.9. The summed E-state index contributed by atoms with van der Waals surface area (Å²) >= 11 is 12.8. The molecule has 0 amide bonds. The zero-order valence-corrected chi connectivity index (χ0v) is 12.5. The van der Waals surface area contributed by atoms with Crippen LogP contribution in [0.4, 0.5) is 0 Å². The first-order valence-electron chi connectivity index (χ1n) is 5.36. The predicted molar refractivity (Wildman–Crippen MR) is 71.5 cm³/mol. The van der Waals surface area contributed by atoms with Crippen LogP contribution >= 0.6 is 34.5 Å². The van der Waals surface area contributed by atoms with Crippen LogP contribution in [0.25, 0.3) is 0 Å². The monoisotopic (exact) mass is 313 g/mol. The van der Waals surface area contributed by atoms with Gasteiger partial charge in [0.05, 0.1) is 4.34 Å². The van der Waals surface area contributed by atoms with Crippen LogP contribution in [0.15, 0.2) is 11.0 Å². The maximum Gasteiger partial charge on any atom is 0.245 e. The molecule has 1 aliphatic heterocycles. The molecule has 0 aromatic carbocycles. The van der Waals surface area contributed by atoms with Crippen molar-refractivity contribution in [3.05, 3.63) is 14.7 Å². The fourth-order valence-electron chi connectivity index (χ4n) is 2.00. The Balaban J connectivity index is 2.33. The van der Waals surface area contributed by atoms with Crippen molar-refractivity contribution in [1.29, 1.82) is 0 Å². The lowest BCUT2D eigenvalue weighted by Gasteiger charge is -2.29. The Hall–Kier alpha value is 0.190. The molecular weight excluding hydrogens is 301 g/mol. The van der Waals surface area contributed by atoms with Gasteiger partial charge >= 0.3 is 0 Å². The highest BCUT2D eigenvalue weighted by Crippen LogP contribution is 2.36. The molecular formula is C10H13Cl2NO2S2. The van der Waals surface area contributed by atoms with E-state index in [0.717, 1.165) is 24.2 Å². The van der Waals surface area contributed by atoms with Crippen LogP contribution in [0.3, 0.4) is 0 Å². The van der Waals surface area contributed by atoms with E-state index >= 15 is 0 Å². The maximum absolute atomic E-state index is 12.4. The third-order valence-corrected chi connectivity index (χ3v) is 6.48. The van der Waals surface area contributed by atoms with E-state index in [1.165, 1.54) is 10.4 Å². The summed E-state index contributed by atoms with van der Waals surface area (Å²) in [5.41, 5.74) is 0. The molecule has 2 heterocycles. The molecule has 2 rings (SSSR count). The summed E-state index contributed by atoms with van der Waals surface area (Å²) in [5, 5.41) is 0. The SMILES string of the molecule is CC1CCCN(S(=O)(=O)c2cc(Cl)sc2Cl)C1. The quantitative estimate of drug-likeness (QED) is 0.838. The first kappa shape index (κ1) is 13.6. The highest BCUT2D eigenvalue weighted by atomic mass is 35.5. The van der Waals surface area contributed by atoms with Gasteiger partial charge in [-0.1, -0.05) is 30.1 Å². The lowest BCUT2D eigenvalue weighted by atomic mass is 10.0. The topological polar surface area (TPSA) is 37.4 Å². The second-order valence-electron chi connectivity index (χ2n) is 4.30. The van der Waals surface area contributed by atoms with Crippen LogP contribution in [0.5, 0.6) is 0 Å². The summed E-state index contributed by atoms with van der Waals surface area (Å²) < 4.78 is 26.9. The largest absolute Gasteiger partial charge is 0.245 e. The lowest BCUT2D eigenvalue weighted by molar-refractivity contribution is 0.281. The van der Waals surface area contributed by atoms with Crippen molar-refractivity contribution in [1.82, 2.24) is 4.31 Å². The van der Waals surface area contributed by atoms with Gasteiger partial charge in [0.25, 0.3) is 0 Å². The van der Waals surface area contributed by atoms with Crippen LogP contribution in [-0.4, -0.2) is 25.8 Å². The first-order valence-corrected chi connectivity index (χ1v) is 8.37. The van der Waals surface area contributed by atoms with Gasteiger partial charge in [-0.05, 0) is 24.8 Å². The van der Waals surface area contributed by atoms with Crippen molar-refractivity contribution in [2.24, 2.45) is 5.92 Å². The number of sulfonamides is 1. The summed E-state index contributed by atoms with van der Waals surface area (Å²) in [5.74, 6) is 0.395. The Morgan fingerprint density at radius 1 is 1.47 bits per heavy atom. The fraction of sp³-hybridized carbons (Fsp3) is 0.600. The van der Waals surface area contributed by atoms with E-state index in [1.54, 1.807) is 0 Å². The Labute approximate surface area is 115 Å². The molecule has 1 aromatic heterocycles. The van der Waals surface area contributed by atoms with Crippen molar-refractivity contribution >= 4 is 44.6 Å². The zero-order chi connectivity index (χ0) is 12.6. The second-order valence-corrected chi connectivity index (χ2v) is 8.49. The minimum absolute atomic E-state index is 0.142. The van der Waals surface area contributed by atoms with E-state index in [9.17, 15) is 8.42 Å². The molecule has 0 saturated carbocycles. The first-order chi connectivity index (χ1) is 7.91. The van der Waals surface area contributed by atoms with Crippen LogP contribution in [0.1, 0.15) is 19.8 Å². The standard InChI is InChI=1S/C10H13Cl2NO2S2/c1-7-3-2-4-13(6-7)17(14,15)8-5-9(11)16-10(8)12/h5,7H,2-4,6H2,1H3. The minimum Gasteiger partial charge on any atom is -0.207 e. The van der Waals surface area contributed by atoms with E-state index in [0.29, 0.717) is 23.3 Å². The smallest absolute Gasteiger partial charge is 0.207 e. The van der Waals surface area contributed by atoms with Crippen molar-refractivity contribution in [2.45, 2.75) is 24.7 Å². The van der Waals surface area contributed by atoms with Gasteiger partial charge in [0.1, 0.15) is 9.23 Å². The number of hydrogen-bond donors (Lipinski definition) is 0. The summed E-state index contributed by atoms with van der Waals surface area (Å²) in [4.78, 5) is 0.142. The highest BCUT2D eigenvalue weighted by Gasteiger charge is 2.31. The third-order valence-electron chi connectivity index (χ3n) is 2.86. The fourth-order valence-corrected chi connectivity index (χ4v) is 5.72. The third kappa shape index (κ3) is 2.79. The number of hydrogen-bond acceptors (Lipinski definition) is 3. The van der Waals surface area contributed by atoms with Crippen molar-refractivity contribution in [3.8, 4) is 0 Å². The summed E-state index contributed by atoms with van der Waals surface area (Å²) in [7, 11) is -3.48. The molecule has 1 fully saturated rings. The van der Waals surface area contributed by atoms with Gasteiger partial charge in [0, 0.05) is 13.1 Å². The molecule has 0 bridgehead atoms. The predicted octanol–water partition coefficient (Wildman–Crippen LogP) is 3.48. The molecule has 0 aliphatic carbocycles. The van der Waals surface area contributed by atoms with Crippen LogP contribution in [-0.2, 0) is 10.0 Å². The molecule has 1 aliphatic rings. The average molecular weight is 314 g/mol. The van der Waals surface area contributed by atoms with Crippen LogP contribution in [0.2, 0.25) is 8.67 Å². The summed E-state index contributed by atoms with van der Waals surface area (Å²) in [6.45, 7) is 3.19. The molecule has 7 heteroatoms. The molecule has 96 valence electrons. The van der Waals surface area contributed by atoms with E-state index in [-0.39, 0.29) is 9.23 Å². The molecule has 0 N–H and O–H groups in total. The van der Waals surface area contributed by atoms with Crippen LogP contribution in [0, 0.1) is 5.92 Å². The molecule has 1 unspecified atom stereocenters. The lowest BCUT2D eigenvalue weighted by Crippen LogP contribution is -2.38. The molecule has 1 atom stereocenters. The van der Waals surface area contributed by atoms with Gasteiger partial charge in [-0.2, -0.15) is 4.31 Å². The van der Waals surface area contributed by atoms with E-state index in [1.807, 2.05) is 0 Å². The van der Waals surface area contributed by atoms with E-state index in [4.69, 9.17) is 23.2 Å². The Kier molecular flexibility index (Phi) is 4.05. The average Bonchev–Trinajstić information content (AvgIpc) is 2.58. The molecule has 0 spiro atoms. The highest BCUT2D eigenvalue weighted by molar-refractivity contribution is 7.89. The Morgan fingerprint density at radius 3 is 2.71 bits per heavy atom. The van der Waals surface area contributed by atoms with Gasteiger partial charge in [-0.25, -0.2) is 8.42 Å². The molecule has 3 nitrogen and oxygen atoms in total. The molecule has 1 aromatic rings. The van der Waals surface area contributed by atoms with Gasteiger partial charge in [0.2, 0.25) is 10.0 Å². The van der Waals surface area contributed by atoms with Gasteiger partial charge < -0.3 is 0 Å². The summed E-state index contributed by atoms with van der Waals surface area (Å²) in [6, 6.07) is 1.43. The van der Waals surface area contributed by atoms with Gasteiger partial charge in [0.15, 0.2) is 0 Å².